The van der Waals surface area contributed by atoms with Crippen LogP contribution in [0.2, 0.25) is 0 Å². The Balaban J connectivity index is 2.18. The number of rotatable bonds is 3. The highest BCUT2D eigenvalue weighted by atomic mass is 35.5. The zero-order valence-corrected chi connectivity index (χ0v) is 8.57. The molecule has 0 spiro atoms. The molecule has 10 heavy (non-hydrogen) atoms. The lowest BCUT2D eigenvalue weighted by Gasteiger charge is -2.13. The summed E-state index contributed by atoms with van der Waals surface area (Å²) in [6.07, 6.45) is 2.39. The zero-order valence-electron chi connectivity index (χ0n) is 6.18. The van der Waals surface area contributed by atoms with Gasteiger partial charge >= 0.3 is 0 Å². The van der Waals surface area contributed by atoms with E-state index in [1.807, 2.05) is 23.5 Å². The van der Waals surface area contributed by atoms with Crippen LogP contribution in [-0.2, 0) is 0 Å². The third kappa shape index (κ3) is 2.55. The van der Waals surface area contributed by atoms with E-state index in [1.165, 1.54) is 24.3 Å². The first-order valence-electron chi connectivity index (χ1n) is 3.72. The van der Waals surface area contributed by atoms with Crippen LogP contribution in [0.4, 0.5) is 0 Å². The highest BCUT2D eigenvalue weighted by Crippen LogP contribution is 2.37. The SMILES string of the molecule is CCCC(Cl)C1SCCS1. The summed E-state index contributed by atoms with van der Waals surface area (Å²) < 4.78 is 0.682. The minimum atomic E-state index is 0.405. The summed E-state index contributed by atoms with van der Waals surface area (Å²) in [7, 11) is 0. The molecule has 0 amide bonds. The number of hydrogen-bond donors (Lipinski definition) is 0. The van der Waals surface area contributed by atoms with Crippen molar-refractivity contribution in [3.63, 3.8) is 0 Å². The second kappa shape index (κ2) is 4.78. The molecule has 1 aliphatic heterocycles. The van der Waals surface area contributed by atoms with Crippen LogP contribution in [-0.4, -0.2) is 21.5 Å². The Bertz CT molecular complexity index is 91.6. The fourth-order valence-corrected chi connectivity index (χ4v) is 4.54. The monoisotopic (exact) mass is 196 g/mol. The van der Waals surface area contributed by atoms with Gasteiger partial charge in [0.1, 0.15) is 0 Å². The topological polar surface area (TPSA) is 0 Å². The maximum atomic E-state index is 6.15. The molecule has 3 heteroatoms. The molecule has 0 saturated carbocycles. The van der Waals surface area contributed by atoms with E-state index in [2.05, 4.69) is 6.92 Å². The van der Waals surface area contributed by atoms with Crippen LogP contribution < -0.4 is 0 Å². The van der Waals surface area contributed by atoms with Crippen LogP contribution in [0.3, 0.4) is 0 Å². The molecule has 0 bridgehead atoms. The molecule has 1 unspecified atom stereocenters. The lowest BCUT2D eigenvalue weighted by Crippen LogP contribution is -2.10. The highest BCUT2D eigenvalue weighted by Gasteiger charge is 2.23. The van der Waals surface area contributed by atoms with Gasteiger partial charge in [-0.2, -0.15) is 0 Å². The van der Waals surface area contributed by atoms with Gasteiger partial charge in [0.15, 0.2) is 0 Å². The number of halogens is 1. The average Bonchev–Trinajstić information content (AvgIpc) is 2.38. The van der Waals surface area contributed by atoms with E-state index < -0.39 is 0 Å². The quantitative estimate of drug-likeness (QED) is 0.636. The molecule has 1 fully saturated rings. The summed E-state index contributed by atoms with van der Waals surface area (Å²) in [6.45, 7) is 2.19. The molecule has 0 aromatic carbocycles. The number of alkyl halides is 1. The van der Waals surface area contributed by atoms with E-state index in [1.54, 1.807) is 0 Å². The third-order valence-corrected chi connectivity index (χ3v) is 5.55. The van der Waals surface area contributed by atoms with Gasteiger partial charge < -0.3 is 0 Å². The standard InChI is InChI=1S/C7H13ClS2/c1-2-3-6(8)7-9-4-5-10-7/h6-7H,2-5H2,1H3. The Morgan fingerprint density at radius 1 is 1.50 bits per heavy atom. The maximum Gasteiger partial charge on any atom is 0.0666 e. The number of thioether (sulfide) groups is 2. The molecule has 1 saturated heterocycles. The number of hydrogen-bond acceptors (Lipinski definition) is 2. The first kappa shape index (κ1) is 9.08. The van der Waals surface area contributed by atoms with Gasteiger partial charge in [-0.05, 0) is 6.42 Å². The molecule has 1 rings (SSSR count). The Labute approximate surface area is 76.5 Å². The summed E-state index contributed by atoms with van der Waals surface area (Å²) >= 11 is 10.2. The predicted molar refractivity (Wildman–Crippen MR) is 53.3 cm³/mol. The van der Waals surface area contributed by atoms with Crippen molar-refractivity contribution in [2.45, 2.75) is 29.7 Å². The fraction of sp³-hybridized carbons (Fsp3) is 1.00. The third-order valence-electron chi connectivity index (χ3n) is 1.51. The summed E-state index contributed by atoms with van der Waals surface area (Å²) in [5, 5.41) is 0.405. The largest absolute Gasteiger partial charge is 0.145 e. The Morgan fingerprint density at radius 2 is 2.10 bits per heavy atom. The van der Waals surface area contributed by atoms with Crippen LogP contribution in [0.15, 0.2) is 0 Å². The summed E-state index contributed by atoms with van der Waals surface area (Å²) in [5.41, 5.74) is 0. The van der Waals surface area contributed by atoms with Crippen LogP contribution in [0.1, 0.15) is 19.8 Å². The Kier molecular flexibility index (Phi) is 4.35. The van der Waals surface area contributed by atoms with E-state index in [4.69, 9.17) is 11.6 Å². The second-order valence-electron chi connectivity index (χ2n) is 2.41. The van der Waals surface area contributed by atoms with E-state index in [0.717, 1.165) is 0 Å². The second-order valence-corrected chi connectivity index (χ2v) is 5.77. The Hall–Kier alpha value is 0.990. The van der Waals surface area contributed by atoms with Crippen molar-refractivity contribution in [2.24, 2.45) is 0 Å². The molecule has 0 aliphatic carbocycles. The molecule has 1 heterocycles. The molecule has 1 aliphatic rings. The van der Waals surface area contributed by atoms with Crippen molar-refractivity contribution in [1.29, 1.82) is 0 Å². The lowest BCUT2D eigenvalue weighted by atomic mass is 10.3. The fourth-order valence-electron chi connectivity index (χ4n) is 0.997. The normalized spacial score (nSPS) is 23.4. The summed E-state index contributed by atoms with van der Waals surface area (Å²) in [6, 6.07) is 0. The van der Waals surface area contributed by atoms with E-state index in [0.29, 0.717) is 9.96 Å². The molecule has 0 aromatic rings. The maximum absolute atomic E-state index is 6.15. The molecular formula is C7H13ClS2. The van der Waals surface area contributed by atoms with Gasteiger partial charge in [0, 0.05) is 11.5 Å². The lowest BCUT2D eigenvalue weighted by molar-refractivity contribution is 0.773. The molecule has 1 atom stereocenters. The average molecular weight is 197 g/mol. The minimum Gasteiger partial charge on any atom is -0.145 e. The van der Waals surface area contributed by atoms with E-state index in [9.17, 15) is 0 Å². The molecule has 60 valence electrons. The van der Waals surface area contributed by atoms with Gasteiger partial charge in [0.2, 0.25) is 0 Å². The predicted octanol–water partition coefficient (Wildman–Crippen LogP) is 3.20. The van der Waals surface area contributed by atoms with Crippen LogP contribution >= 0.6 is 35.1 Å². The van der Waals surface area contributed by atoms with Crippen molar-refractivity contribution in [1.82, 2.24) is 0 Å². The molecule has 0 nitrogen and oxygen atoms in total. The molecule has 0 N–H and O–H groups in total. The van der Waals surface area contributed by atoms with Gasteiger partial charge in [-0.1, -0.05) is 13.3 Å². The molecular weight excluding hydrogens is 184 g/mol. The highest BCUT2D eigenvalue weighted by molar-refractivity contribution is 8.20. The van der Waals surface area contributed by atoms with Gasteiger partial charge in [0.25, 0.3) is 0 Å². The van der Waals surface area contributed by atoms with Gasteiger partial charge in [-0.15, -0.1) is 35.1 Å². The van der Waals surface area contributed by atoms with E-state index >= 15 is 0 Å². The Morgan fingerprint density at radius 3 is 2.60 bits per heavy atom. The van der Waals surface area contributed by atoms with Crippen LogP contribution in [0, 0.1) is 0 Å². The first-order valence-corrected chi connectivity index (χ1v) is 6.25. The minimum absolute atomic E-state index is 0.405. The first-order chi connectivity index (χ1) is 4.84. The van der Waals surface area contributed by atoms with Crippen LogP contribution in [0.5, 0.6) is 0 Å². The van der Waals surface area contributed by atoms with Crippen molar-refractivity contribution in [3.05, 3.63) is 0 Å². The summed E-state index contributed by atoms with van der Waals surface area (Å²) in [5.74, 6) is 2.59. The molecule has 0 aromatic heterocycles. The zero-order chi connectivity index (χ0) is 7.40. The van der Waals surface area contributed by atoms with Crippen LogP contribution in [0.25, 0.3) is 0 Å². The van der Waals surface area contributed by atoms with Gasteiger partial charge in [-0.3, -0.25) is 0 Å². The van der Waals surface area contributed by atoms with Gasteiger partial charge in [0.05, 0.1) is 9.96 Å². The summed E-state index contributed by atoms with van der Waals surface area (Å²) in [4.78, 5) is 0. The van der Waals surface area contributed by atoms with Gasteiger partial charge in [-0.25, -0.2) is 0 Å². The van der Waals surface area contributed by atoms with Crippen molar-refractivity contribution in [3.8, 4) is 0 Å². The smallest absolute Gasteiger partial charge is 0.0666 e. The van der Waals surface area contributed by atoms with Crippen molar-refractivity contribution >= 4 is 35.1 Å². The van der Waals surface area contributed by atoms with E-state index in [-0.39, 0.29) is 0 Å². The van der Waals surface area contributed by atoms with Crippen molar-refractivity contribution < 1.29 is 0 Å². The van der Waals surface area contributed by atoms with Crippen molar-refractivity contribution in [2.75, 3.05) is 11.5 Å². The molecule has 0 radical (unpaired) electrons.